The minimum absolute atomic E-state index is 0.0130. The summed E-state index contributed by atoms with van der Waals surface area (Å²) in [5.41, 5.74) is -0.358. The molecule has 0 unspecified atom stereocenters. The topological polar surface area (TPSA) is 85.2 Å². The van der Waals surface area contributed by atoms with Crippen molar-refractivity contribution in [2.45, 2.75) is 12.6 Å². The summed E-state index contributed by atoms with van der Waals surface area (Å²) in [5, 5.41) is 9.19. The van der Waals surface area contributed by atoms with Crippen molar-refractivity contribution in [2.24, 2.45) is 0 Å². The summed E-state index contributed by atoms with van der Waals surface area (Å²) >= 11 is 0. The van der Waals surface area contributed by atoms with E-state index >= 15 is 0 Å². The Morgan fingerprint density at radius 3 is 2.48 bits per heavy atom. The Kier molecular flexibility index (Phi) is 7.31. The quantitative estimate of drug-likeness (QED) is 0.396. The Balaban J connectivity index is 1.58. The summed E-state index contributed by atoms with van der Waals surface area (Å²) in [4.78, 5) is 24.4. The molecule has 0 radical (unpaired) electrons. The van der Waals surface area contributed by atoms with E-state index in [-0.39, 0.29) is 42.5 Å². The fourth-order valence-electron chi connectivity index (χ4n) is 2.98. The number of rotatable bonds is 8. The van der Waals surface area contributed by atoms with Crippen molar-refractivity contribution < 1.29 is 31.9 Å². The summed E-state index contributed by atoms with van der Waals surface area (Å²) < 4.78 is 58.3. The Hall–Kier alpha value is -3.89. The predicted octanol–water partition coefficient (Wildman–Crippen LogP) is 3.13. The first-order valence-corrected chi connectivity index (χ1v) is 9.78. The number of halogens is 4. The summed E-state index contributed by atoms with van der Waals surface area (Å²) in [6.45, 7) is 0.170. The van der Waals surface area contributed by atoms with E-state index in [2.05, 4.69) is 15.7 Å². The van der Waals surface area contributed by atoms with Crippen LogP contribution >= 0.6 is 0 Å². The number of amides is 2. The van der Waals surface area contributed by atoms with Gasteiger partial charge in [0.2, 0.25) is 5.91 Å². The number of benzene rings is 2. The number of aromatic nitrogens is 2. The van der Waals surface area contributed by atoms with Crippen molar-refractivity contribution in [1.82, 2.24) is 20.4 Å². The summed E-state index contributed by atoms with van der Waals surface area (Å²) in [6.07, 6.45) is -3.24. The van der Waals surface area contributed by atoms with E-state index in [1.54, 1.807) is 6.07 Å². The van der Waals surface area contributed by atoms with Gasteiger partial charge < -0.3 is 15.4 Å². The van der Waals surface area contributed by atoms with E-state index in [0.29, 0.717) is 5.56 Å². The third-order valence-electron chi connectivity index (χ3n) is 4.54. The van der Waals surface area contributed by atoms with E-state index in [1.807, 2.05) is 0 Å². The SMILES string of the molecule is COc1cn(-c2cccc(C(F)(F)F)c2)nc1C(=O)NCCNC(=O)Cc1cccc(F)c1. The smallest absolute Gasteiger partial charge is 0.416 e. The molecule has 0 aliphatic heterocycles. The Labute approximate surface area is 186 Å². The molecule has 33 heavy (non-hydrogen) atoms. The Bertz CT molecular complexity index is 1140. The number of nitrogens with zero attached hydrogens (tertiary/aromatic N) is 2. The second kappa shape index (κ2) is 10.2. The molecular weight excluding hydrogens is 444 g/mol. The lowest BCUT2D eigenvalue weighted by Gasteiger charge is -2.08. The monoisotopic (exact) mass is 464 g/mol. The zero-order valence-corrected chi connectivity index (χ0v) is 17.4. The van der Waals surface area contributed by atoms with E-state index in [0.717, 1.165) is 16.8 Å². The van der Waals surface area contributed by atoms with E-state index in [4.69, 9.17) is 4.74 Å². The molecule has 11 heteroatoms. The molecule has 7 nitrogen and oxygen atoms in total. The lowest BCUT2D eigenvalue weighted by Crippen LogP contribution is -2.35. The largest absolute Gasteiger partial charge is 0.493 e. The highest BCUT2D eigenvalue weighted by Gasteiger charge is 2.30. The van der Waals surface area contributed by atoms with E-state index in [9.17, 15) is 27.2 Å². The van der Waals surface area contributed by atoms with Crippen molar-refractivity contribution in [1.29, 1.82) is 0 Å². The van der Waals surface area contributed by atoms with Gasteiger partial charge in [0.1, 0.15) is 5.82 Å². The molecule has 3 aromatic rings. The number of hydrogen-bond acceptors (Lipinski definition) is 4. The van der Waals surface area contributed by atoms with Gasteiger partial charge in [-0.25, -0.2) is 9.07 Å². The van der Waals surface area contributed by atoms with Crippen LogP contribution in [0.15, 0.2) is 54.7 Å². The van der Waals surface area contributed by atoms with Gasteiger partial charge in [-0.1, -0.05) is 18.2 Å². The molecule has 0 aliphatic carbocycles. The number of nitrogens with one attached hydrogen (secondary N) is 2. The molecule has 0 saturated carbocycles. The predicted molar refractivity (Wildman–Crippen MR) is 111 cm³/mol. The maximum absolute atomic E-state index is 13.2. The molecule has 174 valence electrons. The zero-order chi connectivity index (χ0) is 24.0. The fourth-order valence-corrected chi connectivity index (χ4v) is 2.98. The van der Waals surface area contributed by atoms with Gasteiger partial charge in [-0.15, -0.1) is 0 Å². The highest BCUT2D eigenvalue weighted by molar-refractivity contribution is 5.95. The lowest BCUT2D eigenvalue weighted by atomic mass is 10.1. The van der Waals surface area contributed by atoms with Crippen LogP contribution < -0.4 is 15.4 Å². The van der Waals surface area contributed by atoms with Crippen LogP contribution in [0.2, 0.25) is 0 Å². The van der Waals surface area contributed by atoms with E-state index < -0.39 is 23.5 Å². The van der Waals surface area contributed by atoms with Gasteiger partial charge >= 0.3 is 6.18 Å². The molecule has 0 fully saturated rings. The molecule has 0 saturated heterocycles. The Morgan fingerprint density at radius 2 is 1.79 bits per heavy atom. The highest BCUT2D eigenvalue weighted by Crippen LogP contribution is 2.30. The molecule has 0 bridgehead atoms. The van der Waals surface area contributed by atoms with Crippen LogP contribution in [0.25, 0.3) is 5.69 Å². The molecule has 0 aliphatic rings. The molecule has 0 atom stereocenters. The number of alkyl halides is 3. The summed E-state index contributed by atoms with van der Waals surface area (Å²) in [5.74, 6) is -1.34. The second-order valence-corrected chi connectivity index (χ2v) is 6.95. The van der Waals surface area contributed by atoms with Gasteiger partial charge in [-0.05, 0) is 35.9 Å². The molecule has 2 aromatic carbocycles. The van der Waals surface area contributed by atoms with Gasteiger partial charge in [-0.2, -0.15) is 18.3 Å². The normalized spacial score (nSPS) is 11.2. The number of ether oxygens (including phenoxy) is 1. The first-order valence-electron chi connectivity index (χ1n) is 9.78. The van der Waals surface area contributed by atoms with Gasteiger partial charge in [0.25, 0.3) is 5.91 Å². The fraction of sp³-hybridized carbons (Fsp3) is 0.227. The van der Waals surface area contributed by atoms with Gasteiger partial charge in [0.15, 0.2) is 11.4 Å². The lowest BCUT2D eigenvalue weighted by molar-refractivity contribution is -0.137. The Morgan fingerprint density at radius 1 is 1.06 bits per heavy atom. The van der Waals surface area contributed by atoms with E-state index in [1.165, 1.54) is 43.6 Å². The van der Waals surface area contributed by atoms with Crippen molar-refractivity contribution in [3.8, 4) is 11.4 Å². The van der Waals surface area contributed by atoms with Gasteiger partial charge in [0, 0.05) is 13.1 Å². The van der Waals surface area contributed by atoms with Crippen LogP contribution in [0.5, 0.6) is 5.75 Å². The van der Waals surface area contributed by atoms with Crippen molar-refractivity contribution >= 4 is 11.8 Å². The number of carbonyl (C=O) groups is 2. The third kappa shape index (κ3) is 6.31. The van der Waals surface area contributed by atoms with Crippen LogP contribution in [0, 0.1) is 5.82 Å². The van der Waals surface area contributed by atoms with Crippen LogP contribution in [-0.2, 0) is 17.4 Å². The summed E-state index contributed by atoms with van der Waals surface area (Å²) in [6, 6.07) is 10.1. The van der Waals surface area contributed by atoms with Crippen LogP contribution in [-0.4, -0.2) is 41.8 Å². The number of methoxy groups -OCH3 is 1. The third-order valence-corrected chi connectivity index (χ3v) is 4.54. The average Bonchev–Trinajstić information content (AvgIpc) is 3.21. The van der Waals surface area contributed by atoms with Crippen molar-refractivity contribution in [3.05, 3.63) is 77.4 Å². The minimum atomic E-state index is -4.52. The first kappa shape index (κ1) is 23.8. The van der Waals surface area contributed by atoms with Crippen LogP contribution in [0.3, 0.4) is 0 Å². The molecular formula is C22H20F4N4O3. The minimum Gasteiger partial charge on any atom is -0.493 e. The maximum Gasteiger partial charge on any atom is 0.416 e. The van der Waals surface area contributed by atoms with Crippen molar-refractivity contribution in [2.75, 3.05) is 20.2 Å². The molecule has 2 N–H and O–H groups in total. The highest BCUT2D eigenvalue weighted by atomic mass is 19.4. The molecule has 2 amide bonds. The molecule has 3 rings (SSSR count). The average molecular weight is 464 g/mol. The summed E-state index contributed by atoms with van der Waals surface area (Å²) in [7, 11) is 1.30. The molecule has 0 spiro atoms. The first-order chi connectivity index (χ1) is 15.7. The number of carbonyl (C=O) groups excluding carboxylic acids is 2. The van der Waals surface area contributed by atoms with Gasteiger partial charge in [-0.3, -0.25) is 9.59 Å². The van der Waals surface area contributed by atoms with Crippen LogP contribution in [0.1, 0.15) is 21.6 Å². The standard InChI is InChI=1S/C22H20F4N4O3/c1-33-18-13-30(17-7-3-5-15(12-17)22(24,25)26)29-20(18)21(32)28-9-8-27-19(31)11-14-4-2-6-16(23)10-14/h2-7,10,12-13H,8-9,11H2,1H3,(H,27,31)(H,28,32). The zero-order valence-electron chi connectivity index (χ0n) is 17.4. The maximum atomic E-state index is 13.2. The second-order valence-electron chi connectivity index (χ2n) is 6.95. The number of hydrogen-bond donors (Lipinski definition) is 2. The van der Waals surface area contributed by atoms with Crippen LogP contribution in [0.4, 0.5) is 17.6 Å². The molecule has 1 aromatic heterocycles. The van der Waals surface area contributed by atoms with Gasteiger partial charge in [0.05, 0.1) is 31.0 Å². The van der Waals surface area contributed by atoms with Crippen molar-refractivity contribution in [3.63, 3.8) is 0 Å². The molecule has 1 heterocycles.